The monoisotopic (exact) mass is 958 g/mol. The van der Waals surface area contributed by atoms with E-state index in [4.69, 9.17) is 23.7 Å². The smallest absolute Gasteiger partial charge is 0.264 e. The van der Waals surface area contributed by atoms with E-state index in [1.807, 2.05) is 32.0 Å². The Bertz CT molecular complexity index is 2620. The number of ether oxygens (including phenoxy) is 5. The molecule has 4 aliphatic heterocycles. The molecule has 0 unspecified atom stereocenters. The molecule has 2 saturated heterocycles. The van der Waals surface area contributed by atoms with Crippen molar-refractivity contribution in [3.8, 4) is 17.2 Å². The second kappa shape index (κ2) is 20.3. The average molecular weight is 959 g/mol. The largest absolute Gasteiger partial charge is 0.493 e. The summed E-state index contributed by atoms with van der Waals surface area (Å²) in [6.07, 6.45) is 7.99. The van der Waals surface area contributed by atoms with E-state index in [0.717, 1.165) is 67.2 Å². The number of aryl methyl sites for hydroxylation is 3. The first kappa shape index (κ1) is 47.7. The van der Waals surface area contributed by atoms with Gasteiger partial charge in [0.15, 0.2) is 0 Å². The molecule has 0 radical (unpaired) electrons. The van der Waals surface area contributed by atoms with Crippen molar-refractivity contribution in [2.75, 3.05) is 48.3 Å². The van der Waals surface area contributed by atoms with Gasteiger partial charge in [-0.15, -0.1) is 0 Å². The number of benzene rings is 4. The Hall–Kier alpha value is -4.38. The van der Waals surface area contributed by atoms with Gasteiger partial charge in [-0.25, -0.2) is 16.8 Å². The van der Waals surface area contributed by atoms with Gasteiger partial charge in [-0.3, -0.25) is 8.61 Å². The molecule has 0 aromatic heterocycles. The van der Waals surface area contributed by atoms with Crippen LogP contribution in [0.15, 0.2) is 76.5 Å². The minimum atomic E-state index is -4.22. The molecule has 1 saturated carbocycles. The zero-order chi connectivity index (χ0) is 46.9. The Balaban J connectivity index is 1.04. The molecule has 0 amide bonds. The van der Waals surface area contributed by atoms with Crippen LogP contribution < -0.4 is 22.8 Å². The normalized spacial score (nSPS) is 21.7. The fourth-order valence-electron chi connectivity index (χ4n) is 10.3. The Labute approximate surface area is 396 Å². The zero-order valence-electron chi connectivity index (χ0n) is 39.0. The number of aliphatic hydroxyl groups is 2. The molecule has 4 aromatic carbocycles. The fraction of sp³-hybridized carbons (Fsp3) is 0.538. The Morgan fingerprint density at radius 1 is 0.612 bits per heavy atom. The molecule has 3 atom stereocenters. The topological polar surface area (TPSA) is 161 Å². The van der Waals surface area contributed by atoms with Crippen molar-refractivity contribution in [1.29, 1.82) is 0 Å². The van der Waals surface area contributed by atoms with E-state index in [9.17, 15) is 10.2 Å². The van der Waals surface area contributed by atoms with Crippen molar-refractivity contribution in [2.45, 2.75) is 133 Å². The summed E-state index contributed by atoms with van der Waals surface area (Å²) < 4.78 is 93.6. The second-order valence-electron chi connectivity index (χ2n) is 19.0. The molecule has 4 aromatic rings. The molecule has 3 fully saturated rings. The lowest BCUT2D eigenvalue weighted by atomic mass is 9.92. The van der Waals surface area contributed by atoms with Crippen molar-refractivity contribution in [3.63, 3.8) is 0 Å². The van der Waals surface area contributed by atoms with E-state index in [0.29, 0.717) is 117 Å². The van der Waals surface area contributed by atoms with Crippen LogP contribution in [0.2, 0.25) is 0 Å². The highest BCUT2D eigenvalue weighted by atomic mass is 32.2. The number of hydrogen-bond donors (Lipinski definition) is 2. The van der Waals surface area contributed by atoms with Crippen molar-refractivity contribution in [3.05, 3.63) is 100 Å². The van der Waals surface area contributed by atoms with Gasteiger partial charge in [-0.2, -0.15) is 0 Å². The molecule has 67 heavy (non-hydrogen) atoms. The van der Waals surface area contributed by atoms with Crippen LogP contribution in [0.5, 0.6) is 17.2 Å². The van der Waals surface area contributed by atoms with E-state index in [-0.39, 0.29) is 28.4 Å². The van der Waals surface area contributed by atoms with Gasteiger partial charge in [0.05, 0.1) is 53.6 Å². The van der Waals surface area contributed by atoms with Crippen LogP contribution in [-0.2, 0) is 68.4 Å². The Kier molecular flexibility index (Phi) is 14.4. The molecule has 13 nitrogen and oxygen atoms in total. The van der Waals surface area contributed by atoms with Crippen LogP contribution in [0.3, 0.4) is 0 Å². The van der Waals surface area contributed by atoms with Gasteiger partial charge in [-0.1, -0.05) is 32.0 Å². The predicted molar refractivity (Wildman–Crippen MR) is 256 cm³/mol. The maximum absolute atomic E-state index is 15.1. The fourth-order valence-corrected chi connectivity index (χ4v) is 13.9. The SMILES string of the molecule is CCc1ccc2c(c1)C[C@@H](Oc1cc3c(cc1CC)CC[C@@H](C1CC1)N3S(=O)(=O)c1ccc(OCC3CCOCC3)c(CO)c1)[C@H](C)N2S(=O)(=O)c1ccc(OCC2CCOCC2)c(CO)c1. The third-order valence-corrected chi connectivity index (χ3v) is 18.3. The lowest BCUT2D eigenvalue weighted by Crippen LogP contribution is -2.52. The third-order valence-electron chi connectivity index (χ3n) is 14.6. The van der Waals surface area contributed by atoms with Crippen LogP contribution in [0, 0.1) is 17.8 Å². The van der Waals surface area contributed by atoms with Crippen LogP contribution in [-0.4, -0.2) is 84.9 Å². The van der Waals surface area contributed by atoms with Gasteiger partial charge >= 0.3 is 0 Å². The highest BCUT2D eigenvalue weighted by Crippen LogP contribution is 2.48. The predicted octanol–water partition coefficient (Wildman–Crippen LogP) is 7.91. The average Bonchev–Trinajstić information content (AvgIpc) is 4.21. The van der Waals surface area contributed by atoms with Crippen LogP contribution in [0.25, 0.3) is 0 Å². The summed E-state index contributed by atoms with van der Waals surface area (Å²) in [5, 5.41) is 20.9. The standard InChI is InChI=1S/C52H66N2O11S2/c1-4-35-6-12-47-41(24-35)28-51(34(3)53(47)66(57,58)44-10-14-49(42(26-44)30-55)63-32-36-16-20-61-21-17-36)65-52-29-48-40(25-38(52)5-2)9-13-46(39-7-8-39)54(48)67(59,60)45-11-15-50(43(27-45)31-56)64-33-37-18-22-62-23-19-37/h6,10-12,14-15,24-27,29,34,36-37,39,46,51,55-56H,4-5,7-9,13,16-23,28,30-33H2,1-3H3/t34-,46-,51+/m0/s1. The first-order valence-corrected chi connectivity index (χ1v) is 27.2. The number of aliphatic hydroxyl groups excluding tert-OH is 2. The molecule has 362 valence electrons. The van der Waals surface area contributed by atoms with Crippen LogP contribution >= 0.6 is 0 Å². The molecule has 5 aliphatic rings. The Morgan fingerprint density at radius 3 is 1.73 bits per heavy atom. The van der Waals surface area contributed by atoms with Crippen molar-refractivity contribution in [2.24, 2.45) is 17.8 Å². The van der Waals surface area contributed by atoms with Crippen molar-refractivity contribution < 1.29 is 50.7 Å². The zero-order valence-corrected chi connectivity index (χ0v) is 40.7. The molecule has 4 heterocycles. The molecule has 0 bridgehead atoms. The van der Waals surface area contributed by atoms with Gasteiger partial charge in [0, 0.05) is 56.1 Å². The van der Waals surface area contributed by atoms with E-state index < -0.39 is 38.8 Å². The molecule has 1 aliphatic carbocycles. The van der Waals surface area contributed by atoms with Gasteiger partial charge in [0.1, 0.15) is 23.4 Å². The van der Waals surface area contributed by atoms with Gasteiger partial charge in [0.2, 0.25) is 0 Å². The molecule has 2 N–H and O–H groups in total. The van der Waals surface area contributed by atoms with E-state index in [1.54, 1.807) is 34.6 Å². The lowest BCUT2D eigenvalue weighted by Gasteiger charge is -2.42. The van der Waals surface area contributed by atoms with Crippen molar-refractivity contribution in [1.82, 2.24) is 0 Å². The minimum Gasteiger partial charge on any atom is -0.493 e. The molecular weight excluding hydrogens is 893 g/mol. The van der Waals surface area contributed by atoms with Crippen LogP contribution in [0.4, 0.5) is 11.4 Å². The highest BCUT2D eigenvalue weighted by molar-refractivity contribution is 7.93. The Morgan fingerprint density at radius 2 is 1.19 bits per heavy atom. The highest BCUT2D eigenvalue weighted by Gasteiger charge is 2.45. The van der Waals surface area contributed by atoms with Crippen molar-refractivity contribution >= 4 is 31.4 Å². The number of fused-ring (bicyclic) bond motifs is 2. The van der Waals surface area contributed by atoms with Gasteiger partial charge < -0.3 is 33.9 Å². The molecular formula is C52H66N2O11S2. The molecule has 15 heteroatoms. The number of sulfonamides is 2. The first-order chi connectivity index (χ1) is 32.4. The van der Waals surface area contributed by atoms with E-state index in [1.165, 1.54) is 10.4 Å². The maximum Gasteiger partial charge on any atom is 0.264 e. The summed E-state index contributed by atoms with van der Waals surface area (Å²) in [7, 11) is -8.37. The van der Waals surface area contributed by atoms with Gasteiger partial charge in [-0.05, 0) is 154 Å². The summed E-state index contributed by atoms with van der Waals surface area (Å²) in [5.74, 6) is 2.31. The summed E-state index contributed by atoms with van der Waals surface area (Å²) in [6.45, 7) is 8.86. The first-order valence-electron chi connectivity index (χ1n) is 24.3. The van der Waals surface area contributed by atoms with Gasteiger partial charge in [0.25, 0.3) is 20.0 Å². The maximum atomic E-state index is 15.1. The summed E-state index contributed by atoms with van der Waals surface area (Å²) in [4.78, 5) is 0.120. The molecule has 0 spiro atoms. The summed E-state index contributed by atoms with van der Waals surface area (Å²) in [6, 6.07) is 18.4. The summed E-state index contributed by atoms with van der Waals surface area (Å²) in [5.41, 5.74) is 5.67. The number of rotatable bonds is 17. The third kappa shape index (κ3) is 9.92. The quantitative estimate of drug-likeness (QED) is 0.106. The molecule has 9 rings (SSSR count). The number of anilines is 2. The number of hydrogen-bond acceptors (Lipinski definition) is 11. The summed E-state index contributed by atoms with van der Waals surface area (Å²) >= 11 is 0. The minimum absolute atomic E-state index is 0.0336. The second-order valence-corrected chi connectivity index (χ2v) is 22.6. The lowest BCUT2D eigenvalue weighted by molar-refractivity contribution is 0.0493. The van der Waals surface area contributed by atoms with E-state index in [2.05, 4.69) is 19.1 Å². The van der Waals surface area contributed by atoms with E-state index >= 15 is 16.8 Å². The van der Waals surface area contributed by atoms with Crippen LogP contribution in [0.1, 0.15) is 99.1 Å². The number of nitrogens with zero attached hydrogens (tertiary/aromatic N) is 2.